The maximum Gasteiger partial charge on any atom is 0.440 e. The van der Waals surface area contributed by atoms with E-state index in [2.05, 4.69) is 4.98 Å². The van der Waals surface area contributed by atoms with E-state index in [4.69, 9.17) is 23.2 Å². The van der Waals surface area contributed by atoms with Crippen LogP contribution in [0.3, 0.4) is 0 Å². The molecule has 1 atom stereocenters. The number of benzene rings is 2. The molecule has 1 aliphatic rings. The van der Waals surface area contributed by atoms with Crippen molar-refractivity contribution in [1.82, 2.24) is 14.9 Å². The largest absolute Gasteiger partial charge is 0.440 e. The highest BCUT2D eigenvalue weighted by atomic mass is 35.5. The Kier molecular flexibility index (Phi) is 4.44. The van der Waals surface area contributed by atoms with Gasteiger partial charge in [-0.25, -0.2) is 13.8 Å². The third kappa shape index (κ3) is 2.88. The summed E-state index contributed by atoms with van der Waals surface area (Å²) < 4.78 is 70.0. The van der Waals surface area contributed by atoms with Crippen LogP contribution in [-0.2, 0) is 10.5 Å². The van der Waals surface area contributed by atoms with Crippen molar-refractivity contribution in [2.24, 2.45) is 0 Å². The van der Waals surface area contributed by atoms with E-state index in [0.717, 1.165) is 6.07 Å². The molecular weight excluding hydrogens is 458 g/mol. The summed E-state index contributed by atoms with van der Waals surface area (Å²) in [6.07, 6.45) is -5.39. The molecule has 2 heterocycles. The van der Waals surface area contributed by atoms with Crippen molar-refractivity contribution in [2.45, 2.75) is 11.8 Å². The number of hydrogen-bond donors (Lipinski definition) is 2. The maximum atomic E-state index is 14.2. The molecule has 0 radical (unpaired) electrons. The first-order valence-corrected chi connectivity index (χ1v) is 8.74. The van der Waals surface area contributed by atoms with Crippen LogP contribution in [0.15, 0.2) is 30.3 Å². The van der Waals surface area contributed by atoms with Crippen molar-refractivity contribution in [3.8, 4) is 0 Å². The van der Waals surface area contributed by atoms with Crippen LogP contribution < -0.4 is 10.6 Å². The van der Waals surface area contributed by atoms with E-state index in [-0.39, 0.29) is 21.1 Å². The van der Waals surface area contributed by atoms with E-state index in [9.17, 15) is 31.5 Å². The summed E-state index contributed by atoms with van der Waals surface area (Å²) >= 11 is 11.8. The van der Waals surface area contributed by atoms with Gasteiger partial charge in [-0.2, -0.15) is 13.2 Å². The Bertz CT molecular complexity index is 1220. The highest BCUT2D eigenvalue weighted by molar-refractivity contribution is 6.42. The summed E-state index contributed by atoms with van der Waals surface area (Å²) in [6, 6.07) is 3.72. The van der Waals surface area contributed by atoms with Crippen LogP contribution in [-0.4, -0.2) is 27.5 Å². The lowest BCUT2D eigenvalue weighted by molar-refractivity contribution is -0.213. The van der Waals surface area contributed by atoms with Gasteiger partial charge in [0.25, 0.3) is 17.5 Å². The van der Waals surface area contributed by atoms with E-state index in [0.29, 0.717) is 22.8 Å². The number of hydrogen-bond acceptors (Lipinski definition) is 3. The quantitative estimate of drug-likeness (QED) is 0.557. The molecule has 2 amide bonds. The van der Waals surface area contributed by atoms with Crippen LogP contribution in [0.5, 0.6) is 0 Å². The molecule has 156 valence electrons. The van der Waals surface area contributed by atoms with Gasteiger partial charge >= 0.3 is 6.18 Å². The number of alkyl halides is 3. The number of nitrogens with zero attached hydrogens (tertiary/aromatic N) is 2. The summed E-state index contributed by atoms with van der Waals surface area (Å²) in [7, 11) is 0. The third-order valence-corrected chi connectivity index (χ3v) is 5.14. The molecule has 3 aromatic rings. The lowest BCUT2D eigenvalue weighted by Gasteiger charge is -2.32. The second kappa shape index (κ2) is 6.54. The molecule has 4 rings (SSSR count). The van der Waals surface area contributed by atoms with E-state index in [1.165, 1.54) is 6.07 Å². The minimum atomic E-state index is -5.39. The molecular formula is C17H7Cl2F5N4O2. The summed E-state index contributed by atoms with van der Waals surface area (Å²) in [5.74, 6) is -6.12. The van der Waals surface area contributed by atoms with E-state index < -0.39 is 46.8 Å². The van der Waals surface area contributed by atoms with E-state index >= 15 is 0 Å². The topological polar surface area (TPSA) is 76.0 Å². The van der Waals surface area contributed by atoms with Crippen LogP contribution in [0, 0.1) is 11.6 Å². The van der Waals surface area contributed by atoms with Crippen molar-refractivity contribution in [1.29, 1.82) is 0 Å². The van der Waals surface area contributed by atoms with E-state index in [1.807, 2.05) is 5.32 Å². The standard InChI is InChI=1S/C17H7Cl2F5N4O2/c18-9-4-11-12(5-10(9)19)28-15(25-11)26-14(30)16(28,17(22,23)24)27-13(29)6-1-7(20)3-8(21)2-6/h1-5H,(H,27,29)(H,25,26,30). The number of amides is 2. The lowest BCUT2D eigenvalue weighted by atomic mass is 10.1. The minimum absolute atomic E-state index is 0.00384. The highest BCUT2D eigenvalue weighted by Crippen LogP contribution is 2.45. The van der Waals surface area contributed by atoms with Crippen LogP contribution in [0.1, 0.15) is 10.4 Å². The van der Waals surface area contributed by atoms with Gasteiger partial charge in [-0.1, -0.05) is 23.2 Å². The van der Waals surface area contributed by atoms with Crippen molar-refractivity contribution in [3.63, 3.8) is 0 Å². The van der Waals surface area contributed by atoms with Crippen molar-refractivity contribution < 1.29 is 31.5 Å². The Hall–Kier alpha value is -2.92. The molecule has 30 heavy (non-hydrogen) atoms. The van der Waals surface area contributed by atoms with Crippen LogP contribution in [0.25, 0.3) is 11.0 Å². The second-order valence-electron chi connectivity index (χ2n) is 6.30. The Morgan fingerprint density at radius 3 is 2.27 bits per heavy atom. The summed E-state index contributed by atoms with van der Waals surface area (Å²) in [5, 5.41) is 3.39. The highest BCUT2D eigenvalue weighted by Gasteiger charge is 2.67. The molecule has 6 nitrogen and oxygen atoms in total. The van der Waals surface area contributed by atoms with Gasteiger partial charge in [-0.3, -0.25) is 19.5 Å². The van der Waals surface area contributed by atoms with Gasteiger partial charge in [0, 0.05) is 11.6 Å². The first kappa shape index (κ1) is 20.4. The zero-order chi connectivity index (χ0) is 22.0. The number of carbonyl (C=O) groups is 2. The second-order valence-corrected chi connectivity index (χ2v) is 7.11. The molecule has 2 aromatic carbocycles. The zero-order valence-electron chi connectivity index (χ0n) is 14.2. The summed E-state index contributed by atoms with van der Waals surface area (Å²) in [4.78, 5) is 28.8. The number of carbonyl (C=O) groups excluding carboxylic acids is 2. The molecule has 0 aliphatic carbocycles. The molecule has 0 bridgehead atoms. The van der Waals surface area contributed by atoms with Gasteiger partial charge in [-0.15, -0.1) is 0 Å². The number of halogens is 7. The average molecular weight is 465 g/mol. The smallest absolute Gasteiger partial charge is 0.313 e. The Morgan fingerprint density at radius 2 is 1.67 bits per heavy atom. The van der Waals surface area contributed by atoms with Crippen molar-refractivity contribution >= 4 is 52.0 Å². The molecule has 1 aromatic heterocycles. The molecule has 2 N–H and O–H groups in total. The van der Waals surface area contributed by atoms with Crippen molar-refractivity contribution in [2.75, 3.05) is 5.32 Å². The molecule has 0 spiro atoms. The van der Waals surface area contributed by atoms with Gasteiger partial charge in [0.15, 0.2) is 0 Å². The fourth-order valence-corrected chi connectivity index (χ4v) is 3.47. The average Bonchev–Trinajstić information content (AvgIpc) is 3.08. The van der Waals surface area contributed by atoms with Gasteiger partial charge in [-0.05, 0) is 24.3 Å². The number of anilines is 1. The number of aromatic nitrogens is 2. The van der Waals surface area contributed by atoms with E-state index in [1.54, 1.807) is 5.32 Å². The predicted octanol–water partition coefficient (Wildman–Crippen LogP) is 4.22. The summed E-state index contributed by atoms with van der Waals surface area (Å²) in [6.45, 7) is 0. The Morgan fingerprint density at radius 1 is 1.07 bits per heavy atom. The van der Waals surface area contributed by atoms with Crippen LogP contribution in [0.4, 0.5) is 27.9 Å². The fourth-order valence-electron chi connectivity index (χ4n) is 3.15. The Labute approximate surface area is 173 Å². The maximum absolute atomic E-state index is 14.2. The third-order valence-electron chi connectivity index (χ3n) is 4.42. The van der Waals surface area contributed by atoms with Gasteiger partial charge < -0.3 is 5.32 Å². The summed E-state index contributed by atoms with van der Waals surface area (Å²) in [5.41, 5.74) is -4.73. The van der Waals surface area contributed by atoms with Gasteiger partial charge in [0.1, 0.15) is 11.6 Å². The molecule has 13 heteroatoms. The molecule has 0 saturated carbocycles. The number of rotatable bonds is 2. The lowest BCUT2D eigenvalue weighted by Crippen LogP contribution is -2.63. The van der Waals surface area contributed by atoms with Crippen LogP contribution in [0.2, 0.25) is 10.0 Å². The predicted molar refractivity (Wildman–Crippen MR) is 96.2 cm³/mol. The minimum Gasteiger partial charge on any atom is -0.313 e. The molecule has 0 fully saturated rings. The van der Waals surface area contributed by atoms with Crippen LogP contribution >= 0.6 is 23.2 Å². The van der Waals surface area contributed by atoms with Gasteiger partial charge in [0.2, 0.25) is 5.95 Å². The monoisotopic (exact) mass is 464 g/mol. The first-order chi connectivity index (χ1) is 13.9. The number of imidazole rings is 1. The molecule has 1 unspecified atom stereocenters. The zero-order valence-corrected chi connectivity index (χ0v) is 15.8. The molecule has 1 aliphatic heterocycles. The SMILES string of the molecule is O=C(NC1(C(F)(F)F)C(=O)Nc2nc3cc(Cl)c(Cl)cc3n21)c1cc(F)cc(F)c1. The fraction of sp³-hybridized carbons (Fsp3) is 0.118. The Balaban J connectivity index is 1.93. The van der Waals surface area contributed by atoms with Gasteiger partial charge in [0.05, 0.1) is 21.1 Å². The first-order valence-electron chi connectivity index (χ1n) is 7.99. The number of fused-ring (bicyclic) bond motifs is 3. The molecule has 0 saturated heterocycles. The van der Waals surface area contributed by atoms with Crippen molar-refractivity contribution in [3.05, 3.63) is 57.6 Å². The normalized spacial score (nSPS) is 18.4. The number of nitrogens with one attached hydrogen (secondary N) is 2.